The van der Waals surface area contributed by atoms with Gasteiger partial charge < -0.3 is 15.8 Å². The number of halogens is 1. The van der Waals surface area contributed by atoms with E-state index in [9.17, 15) is 9.18 Å². The molecule has 0 unspecified atom stereocenters. The Balaban J connectivity index is 2.14. The van der Waals surface area contributed by atoms with Crippen LogP contribution >= 0.6 is 0 Å². The standard InChI is InChI=1S/C16H17FN2O2/c1-10(11-4-3-5-13(8-11)21-2)19-16(20)14-7-6-12(18)9-15(14)17/h3-10H,18H2,1-2H3,(H,19,20)/t10-/m1/s1. The fourth-order valence-corrected chi connectivity index (χ4v) is 1.98. The van der Waals surface area contributed by atoms with Crippen LogP contribution in [0.4, 0.5) is 10.1 Å². The molecule has 1 amide bonds. The summed E-state index contributed by atoms with van der Waals surface area (Å²) in [6.45, 7) is 1.82. The van der Waals surface area contributed by atoms with Crippen LogP contribution in [-0.4, -0.2) is 13.0 Å². The number of rotatable bonds is 4. The summed E-state index contributed by atoms with van der Waals surface area (Å²) in [5, 5.41) is 2.75. The van der Waals surface area contributed by atoms with Gasteiger partial charge in [-0.2, -0.15) is 0 Å². The van der Waals surface area contributed by atoms with E-state index in [1.165, 1.54) is 12.1 Å². The first kappa shape index (κ1) is 14.8. The predicted molar refractivity (Wildman–Crippen MR) is 79.7 cm³/mol. The van der Waals surface area contributed by atoms with Gasteiger partial charge >= 0.3 is 0 Å². The highest BCUT2D eigenvalue weighted by Crippen LogP contribution is 2.20. The third-order valence-electron chi connectivity index (χ3n) is 3.18. The molecule has 0 aliphatic heterocycles. The van der Waals surface area contributed by atoms with Gasteiger partial charge in [-0.05, 0) is 42.8 Å². The van der Waals surface area contributed by atoms with Gasteiger partial charge in [0.05, 0.1) is 18.7 Å². The fourth-order valence-electron chi connectivity index (χ4n) is 1.98. The zero-order valence-corrected chi connectivity index (χ0v) is 11.9. The molecule has 2 aromatic carbocycles. The lowest BCUT2D eigenvalue weighted by molar-refractivity contribution is 0.0936. The van der Waals surface area contributed by atoms with Crippen molar-refractivity contribution in [1.82, 2.24) is 5.32 Å². The SMILES string of the molecule is COc1cccc([C@@H](C)NC(=O)c2ccc(N)cc2F)c1. The second-order valence-corrected chi connectivity index (χ2v) is 4.71. The molecule has 1 atom stereocenters. The van der Waals surface area contributed by atoms with E-state index in [4.69, 9.17) is 10.5 Å². The summed E-state index contributed by atoms with van der Waals surface area (Å²) in [7, 11) is 1.58. The normalized spacial score (nSPS) is 11.8. The molecular formula is C16H17FN2O2. The molecule has 110 valence electrons. The number of nitrogen functional groups attached to an aromatic ring is 1. The number of ether oxygens (including phenoxy) is 1. The summed E-state index contributed by atoms with van der Waals surface area (Å²) in [5.74, 6) is -0.416. The minimum absolute atomic E-state index is 0.0288. The maximum Gasteiger partial charge on any atom is 0.254 e. The van der Waals surface area contributed by atoms with Crippen molar-refractivity contribution in [3.8, 4) is 5.75 Å². The van der Waals surface area contributed by atoms with Gasteiger partial charge in [-0.15, -0.1) is 0 Å². The van der Waals surface area contributed by atoms with Gasteiger partial charge in [0.25, 0.3) is 5.91 Å². The van der Waals surface area contributed by atoms with Crippen LogP contribution in [0.5, 0.6) is 5.75 Å². The molecule has 2 rings (SSSR count). The summed E-state index contributed by atoms with van der Waals surface area (Å²) in [5.41, 5.74) is 6.59. The molecular weight excluding hydrogens is 271 g/mol. The summed E-state index contributed by atoms with van der Waals surface area (Å²) in [4.78, 5) is 12.1. The van der Waals surface area contributed by atoms with Crippen molar-refractivity contribution in [2.24, 2.45) is 0 Å². The molecule has 21 heavy (non-hydrogen) atoms. The minimum Gasteiger partial charge on any atom is -0.497 e. The molecule has 0 saturated heterocycles. The van der Waals surface area contributed by atoms with Crippen molar-refractivity contribution in [3.05, 3.63) is 59.4 Å². The average Bonchev–Trinajstić information content (AvgIpc) is 2.47. The van der Waals surface area contributed by atoms with Gasteiger partial charge in [-0.3, -0.25) is 4.79 Å². The zero-order chi connectivity index (χ0) is 15.4. The maximum atomic E-state index is 13.7. The first-order valence-corrected chi connectivity index (χ1v) is 6.51. The molecule has 3 N–H and O–H groups in total. The number of nitrogens with one attached hydrogen (secondary N) is 1. The number of carbonyl (C=O) groups excluding carboxylic acids is 1. The Morgan fingerprint density at radius 3 is 2.71 bits per heavy atom. The van der Waals surface area contributed by atoms with Gasteiger partial charge in [-0.1, -0.05) is 12.1 Å². The minimum atomic E-state index is -0.634. The monoisotopic (exact) mass is 288 g/mol. The second-order valence-electron chi connectivity index (χ2n) is 4.71. The van der Waals surface area contributed by atoms with Gasteiger partial charge in [0.15, 0.2) is 0 Å². The quantitative estimate of drug-likeness (QED) is 0.850. The topological polar surface area (TPSA) is 64.3 Å². The number of carbonyl (C=O) groups is 1. The van der Waals surface area contributed by atoms with Crippen LogP contribution in [0.1, 0.15) is 28.9 Å². The van der Waals surface area contributed by atoms with E-state index in [1.807, 2.05) is 31.2 Å². The van der Waals surface area contributed by atoms with Crippen molar-refractivity contribution >= 4 is 11.6 Å². The van der Waals surface area contributed by atoms with E-state index < -0.39 is 11.7 Å². The van der Waals surface area contributed by atoms with Crippen LogP contribution in [0.3, 0.4) is 0 Å². The number of hydrogen-bond acceptors (Lipinski definition) is 3. The molecule has 5 heteroatoms. The van der Waals surface area contributed by atoms with Crippen molar-refractivity contribution < 1.29 is 13.9 Å². The molecule has 0 aliphatic rings. The molecule has 0 bridgehead atoms. The Bertz CT molecular complexity index is 658. The highest BCUT2D eigenvalue weighted by Gasteiger charge is 2.15. The van der Waals surface area contributed by atoms with Gasteiger partial charge in [0.1, 0.15) is 11.6 Å². The third kappa shape index (κ3) is 3.51. The van der Waals surface area contributed by atoms with E-state index in [1.54, 1.807) is 7.11 Å². The average molecular weight is 288 g/mol. The number of nitrogens with two attached hydrogens (primary N) is 1. The summed E-state index contributed by atoms with van der Waals surface area (Å²) < 4.78 is 18.9. The van der Waals surface area contributed by atoms with Crippen molar-refractivity contribution in [1.29, 1.82) is 0 Å². The van der Waals surface area contributed by atoms with E-state index >= 15 is 0 Å². The summed E-state index contributed by atoms with van der Waals surface area (Å²) in [6.07, 6.45) is 0. The van der Waals surface area contributed by atoms with E-state index in [2.05, 4.69) is 5.32 Å². The Kier molecular flexibility index (Phi) is 4.42. The molecule has 0 spiro atoms. The number of anilines is 1. The van der Waals surface area contributed by atoms with Crippen molar-refractivity contribution in [3.63, 3.8) is 0 Å². The Labute approximate surface area is 122 Å². The first-order chi connectivity index (χ1) is 10.0. The lowest BCUT2D eigenvalue weighted by atomic mass is 10.1. The van der Waals surface area contributed by atoms with Crippen LogP contribution < -0.4 is 15.8 Å². The number of methoxy groups -OCH3 is 1. The van der Waals surface area contributed by atoms with E-state index in [-0.39, 0.29) is 17.3 Å². The lowest BCUT2D eigenvalue weighted by Gasteiger charge is -2.15. The van der Waals surface area contributed by atoms with Crippen LogP contribution in [-0.2, 0) is 0 Å². The molecule has 0 fully saturated rings. The summed E-state index contributed by atoms with van der Waals surface area (Å²) in [6, 6.07) is 11.1. The van der Waals surface area contributed by atoms with Crippen LogP contribution in [0.25, 0.3) is 0 Å². The third-order valence-corrected chi connectivity index (χ3v) is 3.18. The number of benzene rings is 2. The molecule has 4 nitrogen and oxygen atoms in total. The van der Waals surface area contributed by atoms with Crippen LogP contribution in [0, 0.1) is 5.82 Å². The highest BCUT2D eigenvalue weighted by atomic mass is 19.1. The van der Waals surface area contributed by atoms with E-state index in [0.717, 1.165) is 11.6 Å². The Morgan fingerprint density at radius 1 is 1.29 bits per heavy atom. The molecule has 0 saturated carbocycles. The molecule has 0 heterocycles. The number of hydrogen-bond donors (Lipinski definition) is 2. The van der Waals surface area contributed by atoms with Gasteiger partial charge in [0, 0.05) is 5.69 Å². The summed E-state index contributed by atoms with van der Waals surface area (Å²) >= 11 is 0. The van der Waals surface area contributed by atoms with Crippen LogP contribution in [0.2, 0.25) is 0 Å². The Morgan fingerprint density at radius 2 is 2.05 bits per heavy atom. The molecule has 0 aromatic heterocycles. The highest BCUT2D eigenvalue weighted by molar-refractivity contribution is 5.95. The smallest absolute Gasteiger partial charge is 0.254 e. The molecule has 0 radical (unpaired) electrons. The van der Waals surface area contributed by atoms with Crippen molar-refractivity contribution in [2.45, 2.75) is 13.0 Å². The number of amides is 1. The van der Waals surface area contributed by atoms with Gasteiger partial charge in [-0.25, -0.2) is 4.39 Å². The maximum absolute atomic E-state index is 13.7. The second kappa shape index (κ2) is 6.26. The van der Waals surface area contributed by atoms with E-state index in [0.29, 0.717) is 5.75 Å². The predicted octanol–water partition coefficient (Wildman–Crippen LogP) is 2.91. The zero-order valence-electron chi connectivity index (χ0n) is 11.9. The van der Waals surface area contributed by atoms with Crippen LogP contribution in [0.15, 0.2) is 42.5 Å². The molecule has 2 aromatic rings. The van der Waals surface area contributed by atoms with Crippen molar-refractivity contribution in [2.75, 3.05) is 12.8 Å². The first-order valence-electron chi connectivity index (χ1n) is 6.51. The lowest BCUT2D eigenvalue weighted by Crippen LogP contribution is -2.27. The van der Waals surface area contributed by atoms with Gasteiger partial charge in [0.2, 0.25) is 0 Å². The Hall–Kier alpha value is -2.56. The largest absolute Gasteiger partial charge is 0.497 e. The fraction of sp³-hybridized carbons (Fsp3) is 0.188. The molecule has 0 aliphatic carbocycles.